The molecule has 0 aliphatic heterocycles. The molecule has 1 aromatic heterocycles. The van der Waals surface area contributed by atoms with E-state index in [-0.39, 0.29) is 24.5 Å². The van der Waals surface area contributed by atoms with Gasteiger partial charge in [0.25, 0.3) is 0 Å². The van der Waals surface area contributed by atoms with Gasteiger partial charge in [-0.25, -0.2) is 13.2 Å². The number of hydrogen-bond donors (Lipinski definition) is 1. The third kappa shape index (κ3) is 5.30. The van der Waals surface area contributed by atoms with Gasteiger partial charge in [-0.3, -0.25) is 4.79 Å². The molecule has 0 saturated heterocycles. The highest BCUT2D eigenvalue weighted by atomic mass is 32.2. The first-order valence-electron chi connectivity index (χ1n) is 5.89. The van der Waals surface area contributed by atoms with E-state index >= 15 is 0 Å². The van der Waals surface area contributed by atoms with Gasteiger partial charge in [0.05, 0.1) is 18.4 Å². The van der Waals surface area contributed by atoms with Crippen LogP contribution in [-0.4, -0.2) is 39.4 Å². The van der Waals surface area contributed by atoms with Gasteiger partial charge in [0.1, 0.15) is 14.8 Å². The second-order valence-electron chi connectivity index (χ2n) is 4.37. The lowest BCUT2D eigenvalue weighted by Gasteiger charge is -2.05. The average Bonchev–Trinajstić information content (AvgIpc) is 2.67. The van der Waals surface area contributed by atoms with Crippen molar-refractivity contribution in [2.45, 2.75) is 19.8 Å². The summed E-state index contributed by atoms with van der Waals surface area (Å²) in [7, 11) is -1.79. The molecule has 0 aliphatic carbocycles. The second kappa shape index (κ2) is 6.85. The number of thiophene rings is 1. The number of sulfone groups is 1. The van der Waals surface area contributed by atoms with E-state index in [2.05, 4.69) is 10.1 Å². The standard InChI is InChI=1S/C12H17NO5S2/c1-8-7-9(12(15)18-2)11(19-8)13-10(14)5-4-6-20(3,16)17/h7H,4-6H2,1-3H3,(H,13,14). The van der Waals surface area contributed by atoms with E-state index in [0.29, 0.717) is 10.6 Å². The van der Waals surface area contributed by atoms with Crippen LogP contribution < -0.4 is 5.32 Å². The summed E-state index contributed by atoms with van der Waals surface area (Å²) in [5.74, 6) is -0.866. The van der Waals surface area contributed by atoms with Gasteiger partial charge in [-0.15, -0.1) is 11.3 Å². The maximum Gasteiger partial charge on any atom is 0.340 e. The number of amides is 1. The summed E-state index contributed by atoms with van der Waals surface area (Å²) < 4.78 is 26.6. The molecule has 0 atom stereocenters. The second-order valence-corrected chi connectivity index (χ2v) is 7.89. The average molecular weight is 319 g/mol. The van der Waals surface area contributed by atoms with Crippen molar-refractivity contribution in [3.05, 3.63) is 16.5 Å². The Labute approximate surface area is 122 Å². The van der Waals surface area contributed by atoms with Crippen LogP contribution in [0.1, 0.15) is 28.1 Å². The Hall–Kier alpha value is -1.41. The first-order valence-corrected chi connectivity index (χ1v) is 8.77. The molecule has 1 heterocycles. The van der Waals surface area contributed by atoms with Crippen molar-refractivity contribution in [1.29, 1.82) is 0 Å². The predicted molar refractivity (Wildman–Crippen MR) is 78.0 cm³/mol. The van der Waals surface area contributed by atoms with Crippen molar-refractivity contribution < 1.29 is 22.7 Å². The Morgan fingerprint density at radius 2 is 2.05 bits per heavy atom. The topological polar surface area (TPSA) is 89.5 Å². The van der Waals surface area contributed by atoms with Crippen LogP contribution in [0.5, 0.6) is 0 Å². The zero-order valence-corrected chi connectivity index (χ0v) is 13.2. The van der Waals surface area contributed by atoms with Crippen molar-refractivity contribution in [3.8, 4) is 0 Å². The molecule has 0 aromatic carbocycles. The fourth-order valence-electron chi connectivity index (χ4n) is 1.55. The Morgan fingerprint density at radius 3 is 2.60 bits per heavy atom. The van der Waals surface area contributed by atoms with Crippen molar-refractivity contribution in [2.24, 2.45) is 0 Å². The number of methoxy groups -OCH3 is 1. The number of aryl methyl sites for hydroxylation is 1. The summed E-state index contributed by atoms with van der Waals surface area (Å²) in [6.45, 7) is 1.82. The molecule has 0 fully saturated rings. The normalized spacial score (nSPS) is 11.2. The highest BCUT2D eigenvalue weighted by Gasteiger charge is 2.17. The van der Waals surface area contributed by atoms with Gasteiger partial charge in [0, 0.05) is 17.6 Å². The Morgan fingerprint density at radius 1 is 1.40 bits per heavy atom. The molecule has 0 unspecified atom stereocenters. The number of carbonyl (C=O) groups is 2. The van der Waals surface area contributed by atoms with Gasteiger partial charge >= 0.3 is 5.97 Å². The lowest BCUT2D eigenvalue weighted by Crippen LogP contribution is -2.15. The van der Waals surface area contributed by atoms with Crippen molar-refractivity contribution in [1.82, 2.24) is 0 Å². The molecule has 8 heteroatoms. The smallest absolute Gasteiger partial charge is 0.340 e. The monoisotopic (exact) mass is 319 g/mol. The third-order valence-corrected chi connectivity index (χ3v) is 4.43. The number of nitrogens with one attached hydrogen (secondary N) is 1. The molecular formula is C12H17NO5S2. The van der Waals surface area contributed by atoms with E-state index in [1.165, 1.54) is 18.4 Å². The number of rotatable bonds is 6. The molecule has 1 aromatic rings. The summed E-state index contributed by atoms with van der Waals surface area (Å²) >= 11 is 1.27. The predicted octanol–water partition coefficient (Wildman–Crippen LogP) is 1.61. The van der Waals surface area contributed by atoms with E-state index in [9.17, 15) is 18.0 Å². The van der Waals surface area contributed by atoms with Gasteiger partial charge in [-0.2, -0.15) is 0 Å². The number of hydrogen-bond acceptors (Lipinski definition) is 6. The molecule has 6 nitrogen and oxygen atoms in total. The first-order chi connectivity index (χ1) is 9.23. The highest BCUT2D eigenvalue weighted by molar-refractivity contribution is 7.90. The van der Waals surface area contributed by atoms with Crippen LogP contribution in [0.15, 0.2) is 6.07 Å². The quantitative estimate of drug-likeness (QED) is 0.805. The lowest BCUT2D eigenvalue weighted by molar-refractivity contribution is -0.116. The fraction of sp³-hybridized carbons (Fsp3) is 0.500. The Bertz CT molecular complexity index is 603. The number of ether oxygens (including phenoxy) is 1. The third-order valence-electron chi connectivity index (χ3n) is 2.43. The molecule has 0 aliphatic rings. The van der Waals surface area contributed by atoms with Gasteiger partial charge < -0.3 is 10.1 Å². The van der Waals surface area contributed by atoms with Crippen LogP contribution in [0.2, 0.25) is 0 Å². The maximum atomic E-state index is 11.7. The summed E-state index contributed by atoms with van der Waals surface area (Å²) in [5.41, 5.74) is 0.312. The van der Waals surface area contributed by atoms with E-state index in [1.54, 1.807) is 6.07 Å². The summed E-state index contributed by atoms with van der Waals surface area (Å²) in [5, 5.41) is 3.05. The lowest BCUT2D eigenvalue weighted by atomic mass is 10.3. The van der Waals surface area contributed by atoms with Crippen LogP contribution >= 0.6 is 11.3 Å². The largest absolute Gasteiger partial charge is 0.465 e. The van der Waals surface area contributed by atoms with Gasteiger partial charge in [-0.05, 0) is 19.4 Å². The minimum absolute atomic E-state index is 0.0340. The molecule has 1 N–H and O–H groups in total. The van der Waals surface area contributed by atoms with Gasteiger partial charge in [0.2, 0.25) is 5.91 Å². The first kappa shape index (κ1) is 16.6. The van der Waals surface area contributed by atoms with Crippen LogP contribution in [0.25, 0.3) is 0 Å². The van der Waals surface area contributed by atoms with Gasteiger partial charge in [0.15, 0.2) is 0 Å². The van der Waals surface area contributed by atoms with E-state index < -0.39 is 15.8 Å². The molecule has 0 saturated carbocycles. The zero-order valence-electron chi connectivity index (χ0n) is 11.6. The zero-order chi connectivity index (χ0) is 15.3. The maximum absolute atomic E-state index is 11.7. The number of esters is 1. The summed E-state index contributed by atoms with van der Waals surface area (Å²) in [6.07, 6.45) is 1.47. The van der Waals surface area contributed by atoms with Crippen LogP contribution in [-0.2, 0) is 19.4 Å². The minimum atomic E-state index is -3.07. The molecule has 0 spiro atoms. The van der Waals surface area contributed by atoms with Crippen LogP contribution in [0, 0.1) is 6.92 Å². The van der Waals surface area contributed by atoms with Crippen LogP contribution in [0.4, 0.5) is 5.00 Å². The fourth-order valence-corrected chi connectivity index (χ4v) is 3.14. The summed E-state index contributed by atoms with van der Waals surface area (Å²) in [6, 6.07) is 1.64. The van der Waals surface area contributed by atoms with Crippen LogP contribution in [0.3, 0.4) is 0 Å². The molecule has 1 rings (SSSR count). The molecule has 112 valence electrons. The summed E-state index contributed by atoms with van der Waals surface area (Å²) in [4.78, 5) is 24.1. The SMILES string of the molecule is COC(=O)c1cc(C)sc1NC(=O)CCCS(C)(=O)=O. The highest BCUT2D eigenvalue weighted by Crippen LogP contribution is 2.28. The van der Waals surface area contributed by atoms with E-state index in [1.807, 2.05) is 6.92 Å². The van der Waals surface area contributed by atoms with Crippen molar-refractivity contribution in [2.75, 3.05) is 24.4 Å². The van der Waals surface area contributed by atoms with E-state index in [4.69, 9.17) is 0 Å². The van der Waals surface area contributed by atoms with Crippen molar-refractivity contribution >= 4 is 38.1 Å². The number of carbonyl (C=O) groups excluding carboxylic acids is 2. The van der Waals surface area contributed by atoms with Crippen molar-refractivity contribution in [3.63, 3.8) is 0 Å². The number of anilines is 1. The molecule has 0 radical (unpaired) electrons. The Balaban J connectivity index is 2.64. The molecular weight excluding hydrogens is 302 g/mol. The van der Waals surface area contributed by atoms with Gasteiger partial charge in [-0.1, -0.05) is 0 Å². The molecule has 0 bridgehead atoms. The minimum Gasteiger partial charge on any atom is -0.465 e. The van der Waals surface area contributed by atoms with E-state index in [0.717, 1.165) is 11.1 Å². The molecule has 1 amide bonds. The molecule has 20 heavy (non-hydrogen) atoms. The Kier molecular flexibility index (Phi) is 5.70.